The molecule has 2 aliphatic rings. The number of hydrogen-bond donors (Lipinski definition) is 2. The Balaban J connectivity index is 1.54. The smallest absolute Gasteiger partial charge is 0.254 e. The maximum Gasteiger partial charge on any atom is 0.254 e. The minimum atomic E-state index is -1.29. The molecule has 1 fully saturated rings. The van der Waals surface area contributed by atoms with Crippen LogP contribution in [0.1, 0.15) is 33.7 Å². The summed E-state index contributed by atoms with van der Waals surface area (Å²) >= 11 is 0. The van der Waals surface area contributed by atoms with Crippen molar-refractivity contribution in [1.29, 1.82) is 0 Å². The summed E-state index contributed by atoms with van der Waals surface area (Å²) in [6.07, 6.45) is -0.0845. The predicted molar refractivity (Wildman–Crippen MR) is 111 cm³/mol. The Bertz CT molecular complexity index is 1250. The molecule has 5 rings (SSSR count). The quantitative estimate of drug-likeness (QED) is 0.610. The summed E-state index contributed by atoms with van der Waals surface area (Å²) in [4.78, 5) is 39.9. The van der Waals surface area contributed by atoms with Crippen molar-refractivity contribution in [2.24, 2.45) is 5.73 Å². The van der Waals surface area contributed by atoms with Gasteiger partial charge >= 0.3 is 0 Å². The molecule has 3 N–H and O–H groups in total. The number of hydrogen-bond acceptors (Lipinski definition) is 6. The van der Waals surface area contributed by atoms with Crippen LogP contribution in [-0.4, -0.2) is 36.3 Å². The monoisotopic (exact) mass is 419 g/mol. The fraction of sp³-hybridized carbons (Fsp3) is 0.261. The average Bonchev–Trinajstić information content (AvgIpc) is 3.41. The number of carbonyl (C=O) groups excluding carboxylic acids is 3. The van der Waals surface area contributed by atoms with E-state index in [9.17, 15) is 14.4 Å². The molecule has 3 aromatic rings. The number of imide groups is 1. The number of nitrogens with one attached hydrogen (secondary N) is 1. The lowest BCUT2D eigenvalue weighted by Crippen LogP contribution is -2.46. The van der Waals surface area contributed by atoms with E-state index < -0.39 is 11.3 Å². The highest BCUT2D eigenvalue weighted by atomic mass is 16.5. The molecule has 3 heterocycles. The second-order valence-electron chi connectivity index (χ2n) is 8.01. The second-order valence-corrected chi connectivity index (χ2v) is 8.01. The minimum Gasteiger partial charge on any atom is -0.497 e. The van der Waals surface area contributed by atoms with Gasteiger partial charge in [0.1, 0.15) is 22.5 Å². The van der Waals surface area contributed by atoms with Gasteiger partial charge in [0.2, 0.25) is 11.8 Å². The number of furan rings is 1. The SMILES string of the molecule is COc1ccc2c(c1)C(=O)N(C[C@@]1(c3cc4cc(CN)ccc4o3)CC(=O)NC1=O)C2. The van der Waals surface area contributed by atoms with Gasteiger partial charge < -0.3 is 19.8 Å². The highest BCUT2D eigenvalue weighted by Gasteiger charge is 2.53. The van der Waals surface area contributed by atoms with Gasteiger partial charge in [0.25, 0.3) is 5.91 Å². The number of amides is 3. The Labute approximate surface area is 177 Å². The highest BCUT2D eigenvalue weighted by molar-refractivity contribution is 6.10. The third kappa shape index (κ3) is 2.98. The van der Waals surface area contributed by atoms with E-state index in [0.29, 0.717) is 35.7 Å². The van der Waals surface area contributed by atoms with Crippen molar-refractivity contribution in [1.82, 2.24) is 10.2 Å². The lowest BCUT2D eigenvalue weighted by Gasteiger charge is -2.28. The predicted octanol–water partition coefficient (Wildman–Crippen LogP) is 1.84. The van der Waals surface area contributed by atoms with Crippen molar-refractivity contribution in [2.45, 2.75) is 24.9 Å². The number of fused-ring (bicyclic) bond motifs is 2. The van der Waals surface area contributed by atoms with Crippen LogP contribution < -0.4 is 15.8 Å². The molecule has 2 aromatic carbocycles. The fourth-order valence-corrected chi connectivity index (χ4v) is 4.43. The van der Waals surface area contributed by atoms with Crippen molar-refractivity contribution in [2.75, 3.05) is 13.7 Å². The van der Waals surface area contributed by atoms with Crippen LogP contribution in [-0.2, 0) is 28.1 Å². The van der Waals surface area contributed by atoms with E-state index in [4.69, 9.17) is 14.9 Å². The van der Waals surface area contributed by atoms with Gasteiger partial charge in [-0.2, -0.15) is 0 Å². The van der Waals surface area contributed by atoms with Gasteiger partial charge in [-0.1, -0.05) is 12.1 Å². The Kier molecular flexibility index (Phi) is 4.33. The van der Waals surface area contributed by atoms with E-state index in [-0.39, 0.29) is 24.8 Å². The van der Waals surface area contributed by atoms with Crippen molar-refractivity contribution in [3.8, 4) is 5.75 Å². The summed E-state index contributed by atoms with van der Waals surface area (Å²) in [7, 11) is 1.54. The summed E-state index contributed by atoms with van der Waals surface area (Å²) in [5.74, 6) is -0.107. The fourth-order valence-electron chi connectivity index (χ4n) is 4.43. The van der Waals surface area contributed by atoms with Crippen LogP contribution in [0.25, 0.3) is 11.0 Å². The number of methoxy groups -OCH3 is 1. The molecule has 0 saturated carbocycles. The van der Waals surface area contributed by atoms with Crippen molar-refractivity contribution < 1.29 is 23.5 Å². The van der Waals surface area contributed by atoms with E-state index in [0.717, 1.165) is 16.5 Å². The molecule has 8 heteroatoms. The van der Waals surface area contributed by atoms with E-state index in [1.165, 1.54) is 0 Å². The molecular formula is C23H21N3O5. The van der Waals surface area contributed by atoms with Crippen LogP contribution in [0, 0.1) is 0 Å². The molecule has 0 unspecified atom stereocenters. The van der Waals surface area contributed by atoms with Gasteiger partial charge in [0.05, 0.1) is 13.5 Å². The minimum absolute atomic E-state index is 0.0317. The Hall–Kier alpha value is -3.65. The van der Waals surface area contributed by atoms with Crippen molar-refractivity contribution in [3.05, 3.63) is 64.9 Å². The zero-order valence-corrected chi connectivity index (χ0v) is 16.9. The van der Waals surface area contributed by atoms with Crippen LogP contribution in [0.3, 0.4) is 0 Å². The van der Waals surface area contributed by atoms with Crippen LogP contribution in [0.5, 0.6) is 5.75 Å². The lowest BCUT2D eigenvalue weighted by molar-refractivity contribution is -0.126. The molecule has 2 aliphatic heterocycles. The zero-order valence-electron chi connectivity index (χ0n) is 16.9. The van der Waals surface area contributed by atoms with Crippen molar-refractivity contribution in [3.63, 3.8) is 0 Å². The molecule has 3 amide bonds. The van der Waals surface area contributed by atoms with Crippen LogP contribution in [0.2, 0.25) is 0 Å². The highest BCUT2D eigenvalue weighted by Crippen LogP contribution is 2.39. The number of ether oxygens (including phenoxy) is 1. The van der Waals surface area contributed by atoms with E-state index in [1.54, 1.807) is 36.3 Å². The molecule has 0 aliphatic carbocycles. The third-order valence-electron chi connectivity index (χ3n) is 6.09. The molecule has 0 spiro atoms. The maximum atomic E-state index is 13.1. The normalized spacial score (nSPS) is 20.5. The zero-order chi connectivity index (χ0) is 21.8. The largest absolute Gasteiger partial charge is 0.497 e. The first-order chi connectivity index (χ1) is 14.9. The number of rotatable bonds is 5. The number of nitrogens with zero attached hydrogens (tertiary/aromatic N) is 1. The first kappa shape index (κ1) is 19.3. The van der Waals surface area contributed by atoms with Gasteiger partial charge in [-0.05, 0) is 41.5 Å². The first-order valence-electron chi connectivity index (χ1n) is 9.97. The molecule has 0 radical (unpaired) electrons. The Morgan fingerprint density at radius 1 is 1.16 bits per heavy atom. The Morgan fingerprint density at radius 2 is 2.00 bits per heavy atom. The summed E-state index contributed by atoms with van der Waals surface area (Å²) in [5.41, 5.74) is 7.35. The summed E-state index contributed by atoms with van der Waals surface area (Å²) in [6, 6.07) is 12.7. The number of benzene rings is 2. The van der Waals surface area contributed by atoms with E-state index in [2.05, 4.69) is 5.32 Å². The van der Waals surface area contributed by atoms with Gasteiger partial charge in [0.15, 0.2) is 0 Å². The third-order valence-corrected chi connectivity index (χ3v) is 6.09. The average molecular weight is 419 g/mol. The molecule has 31 heavy (non-hydrogen) atoms. The van der Waals surface area contributed by atoms with Crippen LogP contribution >= 0.6 is 0 Å². The van der Waals surface area contributed by atoms with Gasteiger partial charge in [-0.3, -0.25) is 19.7 Å². The van der Waals surface area contributed by atoms with Crippen LogP contribution in [0.15, 0.2) is 46.9 Å². The molecule has 1 saturated heterocycles. The molecule has 1 atom stereocenters. The molecule has 1 aromatic heterocycles. The second kappa shape index (κ2) is 6.95. The molecule has 158 valence electrons. The van der Waals surface area contributed by atoms with E-state index >= 15 is 0 Å². The van der Waals surface area contributed by atoms with Gasteiger partial charge in [0, 0.05) is 30.6 Å². The first-order valence-corrected chi connectivity index (χ1v) is 9.97. The molecule has 0 bridgehead atoms. The number of nitrogens with two attached hydrogens (primary N) is 1. The maximum absolute atomic E-state index is 13.1. The number of carbonyl (C=O) groups is 3. The molecular weight excluding hydrogens is 398 g/mol. The summed E-state index contributed by atoms with van der Waals surface area (Å²) in [6.45, 7) is 0.757. The Morgan fingerprint density at radius 3 is 2.71 bits per heavy atom. The summed E-state index contributed by atoms with van der Waals surface area (Å²) in [5, 5.41) is 3.18. The van der Waals surface area contributed by atoms with E-state index in [1.807, 2.05) is 18.2 Å². The summed E-state index contributed by atoms with van der Waals surface area (Å²) < 4.78 is 11.2. The van der Waals surface area contributed by atoms with Gasteiger partial charge in [-0.25, -0.2) is 0 Å². The topological polar surface area (TPSA) is 115 Å². The van der Waals surface area contributed by atoms with Crippen molar-refractivity contribution >= 4 is 28.7 Å². The van der Waals surface area contributed by atoms with Crippen LogP contribution in [0.4, 0.5) is 0 Å². The molecule has 8 nitrogen and oxygen atoms in total. The van der Waals surface area contributed by atoms with Gasteiger partial charge in [-0.15, -0.1) is 0 Å². The lowest BCUT2D eigenvalue weighted by atomic mass is 9.82. The standard InChI is InChI=1S/C23H21N3O5/c1-30-16-4-3-14-11-26(21(28)17(14)8-16)12-23(9-20(27)25-22(23)29)19-7-15-6-13(10-24)2-5-18(15)31-19/h2-8H,9-12,24H2,1H3,(H,25,27,29)/t23-/m1/s1.